The van der Waals surface area contributed by atoms with E-state index < -0.39 is 0 Å². The van der Waals surface area contributed by atoms with Gasteiger partial charge in [0.25, 0.3) is 0 Å². The van der Waals surface area contributed by atoms with Crippen LogP contribution in [0.1, 0.15) is 24.2 Å². The fraction of sp³-hybridized carbons (Fsp3) is 0.357. The van der Waals surface area contributed by atoms with Gasteiger partial charge in [0.05, 0.1) is 20.5 Å². The van der Waals surface area contributed by atoms with Crippen LogP contribution < -0.4 is 14.8 Å². The molecule has 5 heteroatoms. The number of methoxy groups -OCH3 is 2. The molecule has 0 saturated carbocycles. The number of nitrogens with one attached hydrogen (secondary N) is 2. The number of H-pyrrole nitrogens is 1. The summed E-state index contributed by atoms with van der Waals surface area (Å²) in [6, 6.07) is 6.15. The molecule has 1 heterocycles. The van der Waals surface area contributed by atoms with E-state index in [1.165, 1.54) is 0 Å². The Balaban J connectivity index is 2.04. The minimum Gasteiger partial charge on any atom is -0.493 e. The van der Waals surface area contributed by atoms with Gasteiger partial charge in [0.15, 0.2) is 11.5 Å². The molecule has 5 nitrogen and oxygen atoms in total. The Morgan fingerprint density at radius 2 is 2.05 bits per heavy atom. The molecule has 0 aliphatic heterocycles. The molecule has 0 saturated heterocycles. The second kappa shape index (κ2) is 6.24. The molecule has 1 aromatic heterocycles. The molecule has 2 N–H and O–H groups in total. The van der Waals surface area contributed by atoms with E-state index in [9.17, 15) is 0 Å². The number of hydrogen-bond acceptors (Lipinski definition) is 4. The summed E-state index contributed by atoms with van der Waals surface area (Å²) in [7, 11) is 3.28. The lowest BCUT2D eigenvalue weighted by Gasteiger charge is -2.16. The highest BCUT2D eigenvalue weighted by Crippen LogP contribution is 2.29. The molecule has 2 rings (SSSR count). The molecule has 1 unspecified atom stereocenters. The lowest BCUT2D eigenvalue weighted by atomic mass is 10.1. The predicted octanol–water partition coefficient (Wildman–Crippen LogP) is 2.28. The van der Waals surface area contributed by atoms with Crippen molar-refractivity contribution in [2.45, 2.75) is 19.5 Å². The minimum absolute atomic E-state index is 0.211. The van der Waals surface area contributed by atoms with Crippen molar-refractivity contribution in [3.05, 3.63) is 42.0 Å². The Morgan fingerprint density at radius 1 is 1.26 bits per heavy atom. The Kier molecular flexibility index (Phi) is 4.41. The largest absolute Gasteiger partial charge is 0.493 e. The maximum absolute atomic E-state index is 5.31. The topological polar surface area (TPSA) is 59.2 Å². The number of aromatic nitrogens is 2. The van der Waals surface area contributed by atoms with Crippen molar-refractivity contribution in [1.82, 2.24) is 15.3 Å². The van der Waals surface area contributed by atoms with Gasteiger partial charge in [-0.25, -0.2) is 4.98 Å². The summed E-state index contributed by atoms with van der Waals surface area (Å²) in [4.78, 5) is 7.06. The van der Waals surface area contributed by atoms with Crippen LogP contribution in [0.15, 0.2) is 30.7 Å². The SMILES string of the molecule is COc1ccc(C(C)NCc2cnc[nH]2)cc1OC. The fourth-order valence-corrected chi connectivity index (χ4v) is 1.88. The molecule has 0 amide bonds. The lowest BCUT2D eigenvalue weighted by Crippen LogP contribution is -2.18. The molecule has 0 bridgehead atoms. The van der Waals surface area contributed by atoms with Crippen molar-refractivity contribution in [3.8, 4) is 11.5 Å². The van der Waals surface area contributed by atoms with E-state index in [-0.39, 0.29) is 6.04 Å². The van der Waals surface area contributed by atoms with Crippen LogP contribution in [0.5, 0.6) is 11.5 Å². The van der Waals surface area contributed by atoms with Crippen molar-refractivity contribution < 1.29 is 9.47 Å². The average molecular weight is 261 g/mol. The highest BCUT2D eigenvalue weighted by atomic mass is 16.5. The molecule has 0 aliphatic rings. The third kappa shape index (κ3) is 3.26. The third-order valence-corrected chi connectivity index (χ3v) is 3.06. The van der Waals surface area contributed by atoms with Gasteiger partial charge in [-0.15, -0.1) is 0 Å². The van der Waals surface area contributed by atoms with Gasteiger partial charge < -0.3 is 19.8 Å². The summed E-state index contributed by atoms with van der Waals surface area (Å²) in [6.45, 7) is 2.85. The monoisotopic (exact) mass is 261 g/mol. The second-order valence-corrected chi connectivity index (χ2v) is 4.29. The van der Waals surface area contributed by atoms with Gasteiger partial charge in [0.2, 0.25) is 0 Å². The molecule has 102 valence electrons. The van der Waals surface area contributed by atoms with Crippen molar-refractivity contribution in [2.75, 3.05) is 14.2 Å². The van der Waals surface area contributed by atoms with Gasteiger partial charge >= 0.3 is 0 Å². The maximum atomic E-state index is 5.31. The van der Waals surface area contributed by atoms with E-state index in [0.717, 1.165) is 29.3 Å². The van der Waals surface area contributed by atoms with Crippen molar-refractivity contribution >= 4 is 0 Å². The summed E-state index contributed by atoms with van der Waals surface area (Å²) in [5.41, 5.74) is 2.21. The van der Waals surface area contributed by atoms with Gasteiger partial charge in [-0.1, -0.05) is 6.07 Å². The van der Waals surface area contributed by atoms with Gasteiger partial charge in [-0.3, -0.25) is 0 Å². The zero-order valence-corrected chi connectivity index (χ0v) is 11.4. The van der Waals surface area contributed by atoms with Crippen LogP contribution in [0, 0.1) is 0 Å². The van der Waals surface area contributed by atoms with Gasteiger partial charge in [0.1, 0.15) is 0 Å². The molecule has 1 aromatic carbocycles. The molecule has 1 atom stereocenters. The van der Waals surface area contributed by atoms with Crippen LogP contribution in [0.25, 0.3) is 0 Å². The lowest BCUT2D eigenvalue weighted by molar-refractivity contribution is 0.354. The predicted molar refractivity (Wildman–Crippen MR) is 73.4 cm³/mol. The fourth-order valence-electron chi connectivity index (χ4n) is 1.88. The van der Waals surface area contributed by atoms with Crippen molar-refractivity contribution in [2.24, 2.45) is 0 Å². The first kappa shape index (κ1) is 13.4. The van der Waals surface area contributed by atoms with Crippen molar-refractivity contribution in [1.29, 1.82) is 0 Å². The number of nitrogens with zero attached hydrogens (tertiary/aromatic N) is 1. The summed E-state index contributed by atoms with van der Waals surface area (Å²) in [6.07, 6.45) is 3.49. The Hall–Kier alpha value is -2.01. The minimum atomic E-state index is 0.211. The Bertz CT molecular complexity index is 511. The zero-order chi connectivity index (χ0) is 13.7. The summed E-state index contributed by atoms with van der Waals surface area (Å²) in [5.74, 6) is 1.49. The van der Waals surface area contributed by atoms with E-state index in [0.29, 0.717) is 0 Å². The summed E-state index contributed by atoms with van der Waals surface area (Å²) < 4.78 is 10.5. The summed E-state index contributed by atoms with van der Waals surface area (Å²) >= 11 is 0. The standard InChI is InChI=1S/C14H19N3O2/c1-10(16-8-12-7-15-9-17-12)11-4-5-13(18-2)14(6-11)19-3/h4-7,9-10,16H,8H2,1-3H3,(H,15,17). The molecule has 0 aliphatic carbocycles. The first-order chi connectivity index (χ1) is 9.24. The number of ether oxygens (including phenoxy) is 2. The molecular weight excluding hydrogens is 242 g/mol. The number of aromatic amines is 1. The van der Waals surface area contributed by atoms with Crippen LogP contribution in [0.3, 0.4) is 0 Å². The van der Waals surface area contributed by atoms with Crippen LogP contribution in [-0.4, -0.2) is 24.2 Å². The van der Waals surface area contributed by atoms with E-state index >= 15 is 0 Å². The zero-order valence-electron chi connectivity index (χ0n) is 11.4. The highest BCUT2D eigenvalue weighted by molar-refractivity contribution is 5.43. The first-order valence-corrected chi connectivity index (χ1v) is 6.17. The molecular formula is C14H19N3O2. The van der Waals surface area contributed by atoms with Crippen LogP contribution >= 0.6 is 0 Å². The number of hydrogen-bond donors (Lipinski definition) is 2. The molecule has 0 spiro atoms. The molecule has 2 aromatic rings. The highest BCUT2D eigenvalue weighted by Gasteiger charge is 2.10. The Morgan fingerprint density at radius 3 is 2.68 bits per heavy atom. The maximum Gasteiger partial charge on any atom is 0.161 e. The Labute approximate surface area is 113 Å². The van der Waals surface area contributed by atoms with Crippen LogP contribution in [-0.2, 0) is 6.54 Å². The van der Waals surface area contributed by atoms with Gasteiger partial charge in [-0.2, -0.15) is 0 Å². The van der Waals surface area contributed by atoms with Gasteiger partial charge in [0, 0.05) is 24.5 Å². The first-order valence-electron chi connectivity index (χ1n) is 6.17. The molecule has 0 fully saturated rings. The number of imidazole rings is 1. The van der Waals surface area contributed by atoms with E-state index in [4.69, 9.17) is 9.47 Å². The second-order valence-electron chi connectivity index (χ2n) is 4.29. The summed E-state index contributed by atoms with van der Waals surface area (Å²) in [5, 5.41) is 3.42. The third-order valence-electron chi connectivity index (χ3n) is 3.06. The normalized spacial score (nSPS) is 12.2. The van der Waals surface area contributed by atoms with Crippen molar-refractivity contribution in [3.63, 3.8) is 0 Å². The average Bonchev–Trinajstić information content (AvgIpc) is 2.97. The van der Waals surface area contributed by atoms with E-state index in [1.54, 1.807) is 20.5 Å². The smallest absolute Gasteiger partial charge is 0.161 e. The van der Waals surface area contributed by atoms with Crippen LogP contribution in [0.4, 0.5) is 0 Å². The number of rotatable bonds is 6. The molecule has 19 heavy (non-hydrogen) atoms. The van der Waals surface area contributed by atoms with E-state index in [2.05, 4.69) is 22.2 Å². The van der Waals surface area contributed by atoms with E-state index in [1.807, 2.05) is 24.4 Å². The van der Waals surface area contributed by atoms with Gasteiger partial charge in [-0.05, 0) is 24.6 Å². The quantitative estimate of drug-likeness (QED) is 0.837. The van der Waals surface area contributed by atoms with Crippen LogP contribution in [0.2, 0.25) is 0 Å². The molecule has 0 radical (unpaired) electrons. The number of benzene rings is 1.